The van der Waals surface area contributed by atoms with Crippen molar-refractivity contribution >= 4 is 32.5 Å². The summed E-state index contributed by atoms with van der Waals surface area (Å²) in [6.07, 6.45) is 0. The average Bonchev–Trinajstić information content (AvgIpc) is 2.58. The average molecular weight is 395 g/mol. The summed E-state index contributed by atoms with van der Waals surface area (Å²) in [6, 6.07) is 21.5. The van der Waals surface area contributed by atoms with Gasteiger partial charge in [0.25, 0.3) is 0 Å². The van der Waals surface area contributed by atoms with Crippen LogP contribution in [0.15, 0.2) is 65.5 Å². The Balaban J connectivity index is 3.04. The topological polar surface area (TPSA) is 17.1 Å². The number of hydrogen-bond acceptors (Lipinski definition) is 1. The van der Waals surface area contributed by atoms with Gasteiger partial charge in [0.2, 0.25) is 0 Å². The first-order valence-corrected chi connectivity index (χ1v) is 14.8. The van der Waals surface area contributed by atoms with Gasteiger partial charge in [-0.2, -0.15) is 0 Å². The van der Waals surface area contributed by atoms with Gasteiger partial charge in [0.1, 0.15) is 5.94 Å². The highest BCUT2D eigenvalue weighted by Crippen LogP contribution is 2.48. The van der Waals surface area contributed by atoms with Crippen molar-refractivity contribution in [3.63, 3.8) is 0 Å². The summed E-state index contributed by atoms with van der Waals surface area (Å²) in [5.41, 5.74) is 0. The van der Waals surface area contributed by atoms with E-state index in [-0.39, 0.29) is 10.1 Å². The second-order valence-electron chi connectivity index (χ2n) is 10.1. The van der Waals surface area contributed by atoms with Crippen molar-refractivity contribution < 1.29 is 4.79 Å². The standard InChI is InChI=1S/C24H34OSi2/c1-23(2,3)26(7,8)22(19-25)27(24(4,5)6,20-15-11-9-12-16-20)21-17-13-10-14-18-21/h9-18H,1-8H3. The van der Waals surface area contributed by atoms with Crippen molar-refractivity contribution in [1.82, 2.24) is 0 Å². The van der Waals surface area contributed by atoms with Crippen LogP contribution in [-0.4, -0.2) is 22.1 Å². The molecule has 0 saturated heterocycles. The van der Waals surface area contributed by atoms with Crippen molar-refractivity contribution in [3.8, 4) is 0 Å². The molecule has 0 amide bonds. The minimum atomic E-state index is -2.57. The predicted molar refractivity (Wildman–Crippen MR) is 124 cm³/mol. The fourth-order valence-corrected chi connectivity index (χ4v) is 16.9. The quantitative estimate of drug-likeness (QED) is 0.501. The third kappa shape index (κ3) is 3.56. The van der Waals surface area contributed by atoms with E-state index >= 15 is 0 Å². The molecule has 0 radical (unpaired) electrons. The third-order valence-electron chi connectivity index (χ3n) is 6.52. The summed E-state index contributed by atoms with van der Waals surface area (Å²) < 4.78 is 0. The monoisotopic (exact) mass is 394 g/mol. The zero-order valence-corrected chi connectivity index (χ0v) is 20.2. The SMILES string of the molecule is CC(C)(C)[Si](C)(C)C(=C=O)[Si](c1ccccc1)(c1ccccc1)C(C)(C)C. The molecule has 2 aromatic rings. The highest BCUT2D eigenvalue weighted by Gasteiger charge is 2.57. The van der Waals surface area contributed by atoms with Crippen LogP contribution in [0.25, 0.3) is 0 Å². The molecule has 2 aromatic carbocycles. The van der Waals surface area contributed by atoms with E-state index in [4.69, 9.17) is 0 Å². The van der Waals surface area contributed by atoms with Gasteiger partial charge in [0, 0.05) is 0 Å². The predicted octanol–water partition coefficient (Wildman–Crippen LogP) is 5.39. The van der Waals surface area contributed by atoms with E-state index in [2.05, 4.69) is 121 Å². The Morgan fingerprint density at radius 1 is 0.704 bits per heavy atom. The molecule has 0 heterocycles. The smallest absolute Gasteiger partial charge is 0.157 e. The van der Waals surface area contributed by atoms with Gasteiger partial charge >= 0.3 is 0 Å². The Hall–Kier alpha value is -1.68. The van der Waals surface area contributed by atoms with Crippen molar-refractivity contribution in [1.29, 1.82) is 0 Å². The van der Waals surface area contributed by atoms with Crippen LogP contribution in [-0.2, 0) is 4.79 Å². The first kappa shape index (κ1) is 21.6. The van der Waals surface area contributed by atoms with Crippen LogP contribution in [0.1, 0.15) is 41.5 Å². The molecule has 1 nitrogen and oxygen atoms in total. The van der Waals surface area contributed by atoms with Gasteiger partial charge < -0.3 is 0 Å². The van der Waals surface area contributed by atoms with E-state index < -0.39 is 16.1 Å². The van der Waals surface area contributed by atoms with Gasteiger partial charge in [-0.1, -0.05) is 115 Å². The van der Waals surface area contributed by atoms with E-state index in [1.165, 1.54) is 10.4 Å². The lowest BCUT2D eigenvalue weighted by Crippen LogP contribution is -2.71. The maximum atomic E-state index is 12.7. The van der Waals surface area contributed by atoms with E-state index in [1.807, 2.05) is 0 Å². The second-order valence-corrected chi connectivity index (χ2v) is 20.5. The maximum absolute atomic E-state index is 12.7. The van der Waals surface area contributed by atoms with Gasteiger partial charge in [-0.25, -0.2) is 4.79 Å². The molecule has 3 heteroatoms. The molecule has 0 aliphatic carbocycles. The third-order valence-corrected chi connectivity index (χ3v) is 20.1. The molecule has 0 bridgehead atoms. The van der Waals surface area contributed by atoms with E-state index in [0.29, 0.717) is 0 Å². The lowest BCUT2D eigenvalue weighted by Gasteiger charge is -2.51. The largest absolute Gasteiger partial charge is 0.234 e. The van der Waals surface area contributed by atoms with Crippen LogP contribution < -0.4 is 10.4 Å². The summed E-state index contributed by atoms with van der Waals surface area (Å²) in [7, 11) is -4.66. The number of rotatable bonds is 4. The molecule has 0 saturated carbocycles. The second kappa shape index (κ2) is 7.39. The molecular formula is C24H34OSi2. The van der Waals surface area contributed by atoms with Gasteiger partial charge in [-0.05, 0) is 25.3 Å². The molecule has 0 unspecified atom stereocenters. The first-order valence-electron chi connectivity index (χ1n) is 9.78. The van der Waals surface area contributed by atoms with Crippen molar-refractivity contribution in [2.24, 2.45) is 0 Å². The highest BCUT2D eigenvalue weighted by molar-refractivity contribution is 7.21. The fourth-order valence-electron chi connectivity index (χ4n) is 4.12. The minimum absolute atomic E-state index is 0.0576. The Morgan fingerprint density at radius 2 is 1.07 bits per heavy atom. The van der Waals surface area contributed by atoms with Crippen LogP contribution in [0.5, 0.6) is 0 Å². The normalized spacial score (nSPS) is 13.2. The van der Waals surface area contributed by atoms with Crippen molar-refractivity contribution in [2.45, 2.75) is 64.7 Å². The van der Waals surface area contributed by atoms with Gasteiger partial charge in [0.15, 0.2) is 8.07 Å². The molecule has 2 rings (SSSR count). The molecule has 0 spiro atoms. The number of hydrogen-bond donors (Lipinski definition) is 0. The maximum Gasteiger partial charge on any atom is 0.157 e. The van der Waals surface area contributed by atoms with Crippen LogP contribution in [0.3, 0.4) is 0 Å². The molecule has 27 heavy (non-hydrogen) atoms. The fraction of sp³-hybridized carbons (Fsp3) is 0.417. The van der Waals surface area contributed by atoms with Crippen LogP contribution in [0.4, 0.5) is 0 Å². The summed E-state index contributed by atoms with van der Waals surface area (Å²) in [4.78, 5) is 13.8. The Morgan fingerprint density at radius 3 is 1.33 bits per heavy atom. The van der Waals surface area contributed by atoms with E-state index in [9.17, 15) is 4.79 Å². The molecule has 0 N–H and O–H groups in total. The molecule has 0 atom stereocenters. The lowest BCUT2D eigenvalue weighted by molar-refractivity contribution is 0.568. The first-order chi connectivity index (χ1) is 12.4. The summed E-state index contributed by atoms with van der Waals surface area (Å²) in [5.74, 6) is 2.58. The van der Waals surface area contributed by atoms with Gasteiger partial charge in [-0.15, -0.1) is 0 Å². The number of benzene rings is 2. The zero-order chi connectivity index (χ0) is 20.5. The molecular weight excluding hydrogens is 360 g/mol. The molecule has 0 aromatic heterocycles. The van der Waals surface area contributed by atoms with Crippen molar-refractivity contribution in [3.05, 3.63) is 65.5 Å². The van der Waals surface area contributed by atoms with Crippen LogP contribution >= 0.6 is 0 Å². The molecule has 0 fully saturated rings. The van der Waals surface area contributed by atoms with Crippen molar-refractivity contribution in [2.75, 3.05) is 0 Å². The Kier molecular flexibility index (Phi) is 5.92. The van der Waals surface area contributed by atoms with Crippen LogP contribution in [0, 0.1) is 0 Å². The summed E-state index contributed by atoms with van der Waals surface area (Å²) in [6.45, 7) is 18.5. The minimum Gasteiger partial charge on any atom is -0.234 e. The van der Waals surface area contributed by atoms with E-state index in [0.717, 1.165) is 4.82 Å². The zero-order valence-electron chi connectivity index (χ0n) is 18.2. The summed E-state index contributed by atoms with van der Waals surface area (Å²) >= 11 is 0. The number of carbonyl (C=O) groups excluding carboxylic acids is 1. The molecule has 144 valence electrons. The Labute approximate surface area is 167 Å². The lowest BCUT2D eigenvalue weighted by atomic mass is 10.2. The highest BCUT2D eigenvalue weighted by atomic mass is 28.4. The van der Waals surface area contributed by atoms with Crippen LogP contribution in [0.2, 0.25) is 23.2 Å². The van der Waals surface area contributed by atoms with Gasteiger partial charge in [-0.3, -0.25) is 0 Å². The van der Waals surface area contributed by atoms with E-state index in [1.54, 1.807) is 0 Å². The summed E-state index contributed by atoms with van der Waals surface area (Å²) in [5, 5.41) is 2.64. The Bertz CT molecular complexity index is 779. The van der Waals surface area contributed by atoms with Gasteiger partial charge in [0.05, 0.1) is 8.07 Å². The molecule has 0 aliphatic heterocycles. The molecule has 0 aliphatic rings.